The third kappa shape index (κ3) is 4.03. The van der Waals surface area contributed by atoms with Crippen LogP contribution in [0.4, 0.5) is 8.78 Å². The Bertz CT molecular complexity index is 688. The summed E-state index contributed by atoms with van der Waals surface area (Å²) in [5, 5.41) is 10.8. The largest absolute Gasteiger partial charge is 0.431 e. The predicted octanol–water partition coefficient (Wildman–Crippen LogP) is 3.24. The van der Waals surface area contributed by atoms with Crippen LogP contribution in [0.1, 0.15) is 19.9 Å². The van der Waals surface area contributed by atoms with Gasteiger partial charge < -0.3 is 10.1 Å². The first-order valence-corrected chi connectivity index (χ1v) is 6.83. The molecule has 0 amide bonds. The lowest BCUT2D eigenvalue weighted by atomic mass is 10.2. The maximum Gasteiger partial charge on any atom is 0.394 e. The van der Waals surface area contributed by atoms with Crippen LogP contribution in [0.5, 0.6) is 0 Å². The van der Waals surface area contributed by atoms with Crippen LogP contribution in [0, 0.1) is 0 Å². The molecule has 0 saturated heterocycles. The SMILES string of the molecule is CN/C=C(\C=CC(C)n1nnc2ccccc21)OC(C)(F)F. The number of fused-ring (bicyclic) bond motifs is 1. The number of hydrogen-bond donors (Lipinski definition) is 1. The van der Waals surface area contributed by atoms with Crippen LogP contribution in [0.25, 0.3) is 11.0 Å². The van der Waals surface area contributed by atoms with Crippen molar-refractivity contribution in [2.24, 2.45) is 0 Å². The number of para-hydroxylation sites is 1. The van der Waals surface area contributed by atoms with Gasteiger partial charge in [0.1, 0.15) is 11.3 Å². The van der Waals surface area contributed by atoms with E-state index in [9.17, 15) is 8.78 Å². The minimum absolute atomic E-state index is 0.0336. The fraction of sp³-hybridized carbons (Fsp3) is 0.333. The summed E-state index contributed by atoms with van der Waals surface area (Å²) in [4.78, 5) is 0. The van der Waals surface area contributed by atoms with E-state index in [0.717, 1.165) is 11.0 Å². The van der Waals surface area contributed by atoms with E-state index in [1.807, 2.05) is 31.2 Å². The van der Waals surface area contributed by atoms with E-state index in [2.05, 4.69) is 20.4 Å². The zero-order valence-corrected chi connectivity index (χ0v) is 12.6. The fourth-order valence-corrected chi connectivity index (χ4v) is 1.96. The normalized spacial score (nSPS) is 14.5. The molecule has 1 aromatic carbocycles. The van der Waals surface area contributed by atoms with Gasteiger partial charge in [0, 0.05) is 20.2 Å². The molecule has 2 rings (SSSR count). The molecule has 1 aromatic heterocycles. The molecule has 0 bridgehead atoms. The molecule has 0 radical (unpaired) electrons. The van der Waals surface area contributed by atoms with Crippen LogP contribution in [0.2, 0.25) is 0 Å². The lowest BCUT2D eigenvalue weighted by molar-refractivity contribution is -0.195. The van der Waals surface area contributed by atoms with Crippen molar-refractivity contribution in [1.29, 1.82) is 0 Å². The van der Waals surface area contributed by atoms with Crippen LogP contribution in [0.3, 0.4) is 0 Å². The van der Waals surface area contributed by atoms with E-state index in [1.54, 1.807) is 17.8 Å². The first-order chi connectivity index (χ1) is 10.4. The van der Waals surface area contributed by atoms with Gasteiger partial charge in [-0.3, -0.25) is 0 Å². The highest BCUT2D eigenvalue weighted by atomic mass is 19.3. The molecule has 0 saturated carbocycles. The Morgan fingerprint density at radius 3 is 2.82 bits per heavy atom. The molecule has 0 aliphatic rings. The molecule has 2 aromatic rings. The first kappa shape index (κ1) is 15.9. The summed E-state index contributed by atoms with van der Waals surface area (Å²) < 4.78 is 32.2. The number of halogens is 2. The molecular formula is C15H18F2N4O. The molecule has 0 spiro atoms. The summed E-state index contributed by atoms with van der Waals surface area (Å²) in [5.41, 5.74) is 1.66. The van der Waals surface area contributed by atoms with Gasteiger partial charge in [-0.15, -0.1) is 5.10 Å². The Morgan fingerprint density at radius 1 is 1.41 bits per heavy atom. The molecule has 0 aliphatic heterocycles. The van der Waals surface area contributed by atoms with Gasteiger partial charge in [0.05, 0.1) is 11.6 Å². The summed E-state index contributed by atoms with van der Waals surface area (Å²) >= 11 is 0. The summed E-state index contributed by atoms with van der Waals surface area (Å²) in [6.45, 7) is 2.58. The number of hydrogen-bond acceptors (Lipinski definition) is 4. The minimum atomic E-state index is -3.24. The molecule has 1 heterocycles. The molecular weight excluding hydrogens is 290 g/mol. The maximum absolute atomic E-state index is 12.9. The number of alkyl halides is 2. The molecule has 0 aliphatic carbocycles. The second kappa shape index (κ2) is 6.55. The number of allylic oxidation sites excluding steroid dienone is 2. The van der Waals surface area contributed by atoms with Crippen LogP contribution < -0.4 is 5.32 Å². The number of nitrogens with one attached hydrogen (secondary N) is 1. The smallest absolute Gasteiger partial charge is 0.394 e. The third-order valence-electron chi connectivity index (χ3n) is 2.89. The van der Waals surface area contributed by atoms with Gasteiger partial charge in [-0.2, -0.15) is 8.78 Å². The summed E-state index contributed by atoms with van der Waals surface area (Å²) in [6.07, 6.45) is 1.32. The van der Waals surface area contributed by atoms with Gasteiger partial charge in [0.15, 0.2) is 0 Å². The van der Waals surface area contributed by atoms with Crippen LogP contribution in [-0.2, 0) is 4.74 Å². The number of aromatic nitrogens is 3. The standard InChI is InChI=1S/C15H18F2N4O/c1-11(8-9-12(10-18-3)22-15(2,16)17)21-14-7-5-4-6-13(14)19-20-21/h4-11,18H,1-3H3/b9-8?,12-10+. The van der Waals surface area contributed by atoms with Gasteiger partial charge in [0.25, 0.3) is 0 Å². The van der Waals surface area contributed by atoms with E-state index < -0.39 is 6.11 Å². The third-order valence-corrected chi connectivity index (χ3v) is 2.89. The number of ether oxygens (including phenoxy) is 1. The average Bonchev–Trinajstić information content (AvgIpc) is 2.87. The average molecular weight is 308 g/mol. The second-order valence-corrected chi connectivity index (χ2v) is 4.87. The zero-order chi connectivity index (χ0) is 16.2. The lowest BCUT2D eigenvalue weighted by Crippen LogP contribution is -2.15. The highest BCUT2D eigenvalue weighted by molar-refractivity contribution is 5.74. The second-order valence-electron chi connectivity index (χ2n) is 4.87. The van der Waals surface area contributed by atoms with Crippen molar-refractivity contribution in [3.05, 3.63) is 48.4 Å². The monoisotopic (exact) mass is 308 g/mol. The van der Waals surface area contributed by atoms with E-state index in [1.165, 1.54) is 12.3 Å². The van der Waals surface area contributed by atoms with E-state index >= 15 is 0 Å². The molecule has 1 atom stereocenters. The molecule has 22 heavy (non-hydrogen) atoms. The van der Waals surface area contributed by atoms with Gasteiger partial charge in [-0.1, -0.05) is 23.4 Å². The number of benzene rings is 1. The van der Waals surface area contributed by atoms with Crippen molar-refractivity contribution in [3.63, 3.8) is 0 Å². The van der Waals surface area contributed by atoms with Crippen molar-refractivity contribution >= 4 is 11.0 Å². The molecule has 7 heteroatoms. The first-order valence-electron chi connectivity index (χ1n) is 6.83. The van der Waals surface area contributed by atoms with Crippen LogP contribution in [0.15, 0.2) is 48.4 Å². The maximum atomic E-state index is 12.9. The van der Waals surface area contributed by atoms with Crippen LogP contribution >= 0.6 is 0 Å². The quantitative estimate of drug-likeness (QED) is 0.657. The van der Waals surface area contributed by atoms with Crippen molar-refractivity contribution < 1.29 is 13.5 Å². The van der Waals surface area contributed by atoms with E-state index in [-0.39, 0.29) is 11.8 Å². The number of rotatable bonds is 6. The van der Waals surface area contributed by atoms with Crippen molar-refractivity contribution in [2.75, 3.05) is 7.05 Å². The van der Waals surface area contributed by atoms with Crippen LogP contribution in [-0.4, -0.2) is 28.2 Å². The Balaban J connectivity index is 2.19. The minimum Gasteiger partial charge on any atom is -0.431 e. The van der Waals surface area contributed by atoms with Crippen molar-refractivity contribution in [2.45, 2.75) is 26.0 Å². The zero-order valence-electron chi connectivity index (χ0n) is 12.6. The Hall–Kier alpha value is -2.44. The number of nitrogens with zero attached hydrogens (tertiary/aromatic N) is 3. The Kier molecular flexibility index (Phi) is 4.75. The Labute approximate surface area is 127 Å². The van der Waals surface area contributed by atoms with Gasteiger partial charge >= 0.3 is 6.11 Å². The van der Waals surface area contributed by atoms with Crippen molar-refractivity contribution in [3.8, 4) is 0 Å². The fourth-order valence-electron chi connectivity index (χ4n) is 1.96. The highest BCUT2D eigenvalue weighted by Crippen LogP contribution is 2.20. The summed E-state index contributed by atoms with van der Waals surface area (Å²) in [6, 6.07) is 7.38. The van der Waals surface area contributed by atoms with Gasteiger partial charge in [0.2, 0.25) is 0 Å². The lowest BCUT2D eigenvalue weighted by Gasteiger charge is -2.14. The summed E-state index contributed by atoms with van der Waals surface area (Å²) in [7, 11) is 1.61. The van der Waals surface area contributed by atoms with Crippen molar-refractivity contribution in [1.82, 2.24) is 20.3 Å². The topological polar surface area (TPSA) is 52.0 Å². The molecule has 0 fully saturated rings. The molecule has 1 N–H and O–H groups in total. The van der Waals surface area contributed by atoms with E-state index in [0.29, 0.717) is 6.92 Å². The highest BCUT2D eigenvalue weighted by Gasteiger charge is 2.23. The Morgan fingerprint density at radius 2 is 2.14 bits per heavy atom. The molecule has 1 unspecified atom stereocenters. The molecule has 5 nitrogen and oxygen atoms in total. The summed E-state index contributed by atoms with van der Waals surface area (Å²) in [5.74, 6) is 0.0336. The van der Waals surface area contributed by atoms with Gasteiger partial charge in [-0.25, -0.2) is 4.68 Å². The predicted molar refractivity (Wildman–Crippen MR) is 80.2 cm³/mol. The molecule has 118 valence electrons. The van der Waals surface area contributed by atoms with E-state index in [4.69, 9.17) is 0 Å². The van der Waals surface area contributed by atoms with Gasteiger partial charge in [-0.05, 0) is 25.1 Å².